The highest BCUT2D eigenvalue weighted by Gasteiger charge is 2.54. The second-order valence-corrected chi connectivity index (χ2v) is 5.95. The van der Waals surface area contributed by atoms with E-state index in [0.29, 0.717) is 21.9 Å². The fourth-order valence-electron chi connectivity index (χ4n) is 3.22. The molecule has 1 aromatic rings. The number of ketones is 1. The van der Waals surface area contributed by atoms with Gasteiger partial charge in [-0.1, -0.05) is 36.0 Å². The lowest BCUT2D eigenvalue weighted by atomic mass is 10.0. The Morgan fingerprint density at radius 1 is 1.06 bits per heavy atom. The molecule has 1 aromatic carbocycles. The van der Waals surface area contributed by atoms with Crippen molar-refractivity contribution >= 4 is 29.0 Å². The number of carbonyl (C=O) groups is 1. The quantitative estimate of drug-likeness (QED) is 0.716. The molecule has 0 N–H and O–H groups in total. The summed E-state index contributed by atoms with van der Waals surface area (Å²) >= 11 is 11.8. The molecule has 2 fully saturated rings. The van der Waals surface area contributed by atoms with Gasteiger partial charge in [-0.15, -0.1) is 0 Å². The van der Waals surface area contributed by atoms with Crippen molar-refractivity contribution in [3.05, 3.63) is 33.8 Å². The molecular weight excluding hydrogens is 255 g/mol. The number of benzene rings is 1. The van der Waals surface area contributed by atoms with Crippen LogP contribution in [0, 0.1) is 17.8 Å². The summed E-state index contributed by atoms with van der Waals surface area (Å²) in [5, 5.41) is 0.984. The third kappa shape index (κ3) is 2.00. The molecule has 1 nitrogen and oxygen atoms in total. The van der Waals surface area contributed by atoms with Gasteiger partial charge >= 0.3 is 0 Å². The van der Waals surface area contributed by atoms with Gasteiger partial charge in [0, 0.05) is 11.5 Å². The van der Waals surface area contributed by atoms with Gasteiger partial charge in [0.1, 0.15) is 0 Å². The van der Waals surface area contributed by atoms with E-state index in [9.17, 15) is 4.79 Å². The summed E-state index contributed by atoms with van der Waals surface area (Å²) in [6.07, 6.45) is 5.02. The van der Waals surface area contributed by atoms with Crippen LogP contribution in [0.15, 0.2) is 18.2 Å². The van der Waals surface area contributed by atoms with Crippen LogP contribution in [0.1, 0.15) is 36.0 Å². The predicted octanol–water partition coefficient (Wildman–Crippen LogP) is 4.61. The lowest BCUT2D eigenvalue weighted by molar-refractivity contribution is 0.0956. The molecule has 0 spiro atoms. The minimum Gasteiger partial charge on any atom is -0.294 e. The minimum atomic E-state index is 0.259. The molecule has 0 radical (unpaired) electrons. The molecule has 2 saturated carbocycles. The average molecular weight is 269 g/mol. The summed E-state index contributed by atoms with van der Waals surface area (Å²) in [6, 6.07) is 5.21. The van der Waals surface area contributed by atoms with Gasteiger partial charge < -0.3 is 0 Å². The van der Waals surface area contributed by atoms with Crippen LogP contribution in [0.25, 0.3) is 0 Å². The molecule has 2 atom stereocenters. The van der Waals surface area contributed by atoms with Gasteiger partial charge in [-0.25, -0.2) is 0 Å². The molecule has 0 aromatic heterocycles. The van der Waals surface area contributed by atoms with Crippen molar-refractivity contribution in [3.63, 3.8) is 0 Å². The number of Topliss-reactive ketones (excluding diaryl/α,β-unsaturated/α-hetero) is 1. The van der Waals surface area contributed by atoms with Crippen LogP contribution in [0.3, 0.4) is 0 Å². The van der Waals surface area contributed by atoms with Gasteiger partial charge in [0.2, 0.25) is 0 Å². The summed E-state index contributed by atoms with van der Waals surface area (Å²) in [7, 11) is 0. The summed E-state index contributed by atoms with van der Waals surface area (Å²) in [5.41, 5.74) is 0.721. The highest BCUT2D eigenvalue weighted by Crippen LogP contribution is 2.56. The maximum Gasteiger partial charge on any atom is 0.166 e. The first-order valence-electron chi connectivity index (χ1n) is 6.18. The van der Waals surface area contributed by atoms with Crippen LogP contribution in [-0.2, 0) is 0 Å². The van der Waals surface area contributed by atoms with E-state index in [1.807, 2.05) is 0 Å². The van der Waals surface area contributed by atoms with Gasteiger partial charge in [-0.05, 0) is 42.9 Å². The SMILES string of the molecule is O=C(c1ccc(Cl)c(Cl)c1)C1C2CCCCC21. The van der Waals surface area contributed by atoms with Crippen LogP contribution in [-0.4, -0.2) is 5.78 Å². The van der Waals surface area contributed by atoms with E-state index in [1.54, 1.807) is 18.2 Å². The van der Waals surface area contributed by atoms with Gasteiger partial charge in [0.05, 0.1) is 10.0 Å². The second-order valence-electron chi connectivity index (χ2n) is 5.13. The third-order valence-corrected chi connectivity index (χ3v) is 4.90. The van der Waals surface area contributed by atoms with Crippen molar-refractivity contribution in [2.24, 2.45) is 17.8 Å². The van der Waals surface area contributed by atoms with Crippen molar-refractivity contribution in [1.29, 1.82) is 0 Å². The molecule has 2 aliphatic carbocycles. The molecular formula is C14H14Cl2O. The fraction of sp³-hybridized carbons (Fsp3) is 0.500. The highest BCUT2D eigenvalue weighted by atomic mass is 35.5. The minimum absolute atomic E-state index is 0.259. The molecule has 0 amide bonds. The Morgan fingerprint density at radius 2 is 1.71 bits per heavy atom. The Kier molecular flexibility index (Phi) is 2.92. The summed E-state index contributed by atoms with van der Waals surface area (Å²) < 4.78 is 0. The number of hydrogen-bond acceptors (Lipinski definition) is 1. The molecule has 0 bridgehead atoms. The molecule has 3 heteroatoms. The maximum absolute atomic E-state index is 12.3. The number of hydrogen-bond donors (Lipinski definition) is 0. The van der Waals surface area contributed by atoms with E-state index < -0.39 is 0 Å². The summed E-state index contributed by atoms with van der Waals surface area (Å²) in [6.45, 7) is 0. The Balaban J connectivity index is 1.80. The van der Waals surface area contributed by atoms with Gasteiger partial charge in [0.15, 0.2) is 5.78 Å². The zero-order chi connectivity index (χ0) is 12.0. The number of fused-ring (bicyclic) bond motifs is 1. The molecule has 0 aliphatic heterocycles. The Labute approximate surface area is 111 Å². The largest absolute Gasteiger partial charge is 0.294 e. The topological polar surface area (TPSA) is 17.1 Å². The van der Waals surface area contributed by atoms with E-state index >= 15 is 0 Å². The van der Waals surface area contributed by atoms with Crippen LogP contribution < -0.4 is 0 Å². The first kappa shape index (κ1) is 11.6. The van der Waals surface area contributed by atoms with E-state index in [-0.39, 0.29) is 11.7 Å². The van der Waals surface area contributed by atoms with Gasteiger partial charge in [0.25, 0.3) is 0 Å². The molecule has 0 heterocycles. The third-order valence-electron chi connectivity index (χ3n) is 4.16. The Morgan fingerprint density at radius 3 is 2.29 bits per heavy atom. The van der Waals surface area contributed by atoms with Crippen LogP contribution in [0.4, 0.5) is 0 Å². The lowest BCUT2D eigenvalue weighted by Gasteiger charge is -2.04. The molecule has 90 valence electrons. The first-order chi connectivity index (χ1) is 8.18. The smallest absolute Gasteiger partial charge is 0.166 e. The predicted molar refractivity (Wildman–Crippen MR) is 69.7 cm³/mol. The molecule has 3 rings (SSSR count). The zero-order valence-corrected chi connectivity index (χ0v) is 11.0. The highest BCUT2D eigenvalue weighted by molar-refractivity contribution is 6.42. The van der Waals surface area contributed by atoms with E-state index in [2.05, 4.69) is 0 Å². The van der Waals surface area contributed by atoms with E-state index in [0.717, 1.165) is 5.56 Å². The van der Waals surface area contributed by atoms with Crippen LogP contribution in [0.5, 0.6) is 0 Å². The zero-order valence-electron chi connectivity index (χ0n) is 9.46. The lowest BCUT2D eigenvalue weighted by Crippen LogP contribution is -2.04. The molecule has 2 unspecified atom stereocenters. The van der Waals surface area contributed by atoms with Crippen molar-refractivity contribution in [1.82, 2.24) is 0 Å². The normalized spacial score (nSPS) is 30.8. The summed E-state index contributed by atoms with van der Waals surface area (Å²) in [5.74, 6) is 1.81. The van der Waals surface area contributed by atoms with Crippen molar-refractivity contribution in [2.45, 2.75) is 25.7 Å². The van der Waals surface area contributed by atoms with Crippen molar-refractivity contribution in [2.75, 3.05) is 0 Å². The van der Waals surface area contributed by atoms with Crippen LogP contribution >= 0.6 is 23.2 Å². The summed E-state index contributed by atoms with van der Waals surface area (Å²) in [4.78, 5) is 12.3. The Hall–Kier alpha value is -0.530. The number of halogens is 2. The standard InChI is InChI=1S/C14H14Cl2O/c15-11-6-5-8(7-12(11)16)14(17)13-9-3-1-2-4-10(9)13/h5-7,9-10,13H,1-4H2. The Bertz CT molecular complexity index is 457. The van der Waals surface area contributed by atoms with E-state index in [1.165, 1.54) is 25.7 Å². The second kappa shape index (κ2) is 4.29. The maximum atomic E-state index is 12.3. The fourth-order valence-corrected chi connectivity index (χ4v) is 3.52. The van der Waals surface area contributed by atoms with Crippen molar-refractivity contribution < 1.29 is 4.79 Å². The van der Waals surface area contributed by atoms with Gasteiger partial charge in [-0.3, -0.25) is 4.79 Å². The number of rotatable bonds is 2. The first-order valence-corrected chi connectivity index (χ1v) is 6.93. The molecule has 2 aliphatic rings. The van der Waals surface area contributed by atoms with Crippen LogP contribution in [0.2, 0.25) is 10.0 Å². The monoisotopic (exact) mass is 268 g/mol. The number of carbonyl (C=O) groups excluding carboxylic acids is 1. The average Bonchev–Trinajstić information content (AvgIpc) is 3.06. The molecule has 17 heavy (non-hydrogen) atoms. The van der Waals surface area contributed by atoms with E-state index in [4.69, 9.17) is 23.2 Å². The molecule has 0 saturated heterocycles. The van der Waals surface area contributed by atoms with Crippen molar-refractivity contribution in [3.8, 4) is 0 Å². The van der Waals surface area contributed by atoms with Gasteiger partial charge in [-0.2, -0.15) is 0 Å².